The first-order valence-corrected chi connectivity index (χ1v) is 10.5. The minimum Gasteiger partial charge on any atom is -0.495 e. The zero-order valence-corrected chi connectivity index (χ0v) is 17.1. The van der Waals surface area contributed by atoms with E-state index in [2.05, 4.69) is 5.32 Å². The van der Waals surface area contributed by atoms with Gasteiger partial charge in [-0.25, -0.2) is 8.42 Å². The second kappa shape index (κ2) is 8.48. The molecule has 28 heavy (non-hydrogen) atoms. The predicted molar refractivity (Wildman–Crippen MR) is 107 cm³/mol. The topological polar surface area (TPSA) is 84.9 Å². The van der Waals surface area contributed by atoms with Crippen LogP contribution in [0.15, 0.2) is 41.3 Å². The Bertz CT molecular complexity index is 988. The van der Waals surface area contributed by atoms with Crippen LogP contribution in [-0.2, 0) is 14.8 Å². The Morgan fingerprint density at radius 3 is 2.54 bits per heavy atom. The van der Waals surface area contributed by atoms with Crippen LogP contribution in [0.25, 0.3) is 0 Å². The number of halogens is 1. The molecule has 3 rings (SSSR count). The Kier molecular flexibility index (Phi) is 6.24. The molecule has 2 aromatic rings. The van der Waals surface area contributed by atoms with Crippen molar-refractivity contribution in [3.05, 3.63) is 52.5 Å². The lowest BCUT2D eigenvalue weighted by atomic mass is 10.1. The van der Waals surface area contributed by atoms with Crippen LogP contribution in [0.3, 0.4) is 0 Å². The van der Waals surface area contributed by atoms with E-state index in [0.29, 0.717) is 48.3 Å². The number of sulfonamides is 1. The van der Waals surface area contributed by atoms with Gasteiger partial charge < -0.3 is 14.8 Å². The average molecular weight is 425 g/mol. The molecule has 150 valence electrons. The third-order valence-electron chi connectivity index (χ3n) is 4.45. The number of benzene rings is 2. The molecular weight excluding hydrogens is 404 g/mol. The average Bonchev–Trinajstić information content (AvgIpc) is 2.69. The van der Waals surface area contributed by atoms with Crippen LogP contribution in [-0.4, -0.2) is 52.0 Å². The number of aryl methyl sites for hydroxylation is 1. The summed E-state index contributed by atoms with van der Waals surface area (Å²) in [5.74, 6) is 0.0635. The molecule has 0 spiro atoms. The fourth-order valence-corrected chi connectivity index (χ4v) is 4.81. The summed E-state index contributed by atoms with van der Waals surface area (Å²) >= 11 is 6.08. The second-order valence-corrected chi connectivity index (χ2v) is 8.61. The van der Waals surface area contributed by atoms with Gasteiger partial charge in [0.1, 0.15) is 5.75 Å². The number of hydrogen-bond acceptors (Lipinski definition) is 5. The van der Waals surface area contributed by atoms with E-state index in [1.165, 1.54) is 17.5 Å². The highest BCUT2D eigenvalue weighted by molar-refractivity contribution is 7.89. The molecule has 1 aliphatic rings. The van der Waals surface area contributed by atoms with E-state index >= 15 is 0 Å². The molecular formula is C19H21ClN2O5S. The van der Waals surface area contributed by atoms with Gasteiger partial charge in [0, 0.05) is 24.3 Å². The Morgan fingerprint density at radius 2 is 1.89 bits per heavy atom. The van der Waals surface area contributed by atoms with Crippen molar-refractivity contribution < 1.29 is 22.7 Å². The van der Waals surface area contributed by atoms with E-state index in [0.717, 1.165) is 0 Å². The Hall–Kier alpha value is -2.13. The first-order valence-electron chi connectivity index (χ1n) is 8.66. The fourth-order valence-electron chi connectivity index (χ4n) is 2.89. The number of nitrogens with one attached hydrogen (secondary N) is 1. The zero-order valence-electron chi connectivity index (χ0n) is 15.6. The number of anilines is 1. The molecule has 1 fully saturated rings. The molecule has 9 heteroatoms. The van der Waals surface area contributed by atoms with Crippen molar-refractivity contribution in [3.8, 4) is 5.75 Å². The highest BCUT2D eigenvalue weighted by Gasteiger charge is 2.28. The molecule has 0 aliphatic carbocycles. The molecule has 1 aliphatic heterocycles. The van der Waals surface area contributed by atoms with Gasteiger partial charge in [0.15, 0.2) is 0 Å². The Morgan fingerprint density at radius 1 is 1.18 bits per heavy atom. The highest BCUT2D eigenvalue weighted by atomic mass is 35.5. The van der Waals surface area contributed by atoms with E-state index < -0.39 is 15.9 Å². The van der Waals surface area contributed by atoms with Crippen LogP contribution in [0.2, 0.25) is 5.02 Å². The van der Waals surface area contributed by atoms with Gasteiger partial charge >= 0.3 is 0 Å². The lowest BCUT2D eigenvalue weighted by Gasteiger charge is -2.26. The maximum absolute atomic E-state index is 13.0. The standard InChI is InChI=1S/C19H21ClN2O5S/c1-13-3-4-14(11-18(13)28(24,25)22-7-9-27-10-8-22)19(23)21-15-5-6-17(26-2)16(20)12-15/h3-6,11-12H,7-10H2,1-2H3,(H,21,23). The SMILES string of the molecule is COc1ccc(NC(=O)c2ccc(C)c(S(=O)(=O)N3CCOCC3)c2)cc1Cl. The quantitative estimate of drug-likeness (QED) is 0.797. The van der Waals surface area contributed by atoms with Crippen molar-refractivity contribution in [3.63, 3.8) is 0 Å². The van der Waals surface area contributed by atoms with E-state index in [1.54, 1.807) is 37.3 Å². The number of carbonyl (C=O) groups excluding carboxylic acids is 1. The van der Waals surface area contributed by atoms with Gasteiger partial charge in [-0.3, -0.25) is 4.79 Å². The van der Waals surface area contributed by atoms with Crippen molar-refractivity contribution in [2.24, 2.45) is 0 Å². The van der Waals surface area contributed by atoms with Gasteiger partial charge in [-0.05, 0) is 42.8 Å². The number of hydrogen-bond donors (Lipinski definition) is 1. The van der Waals surface area contributed by atoms with Crippen LogP contribution in [0, 0.1) is 6.92 Å². The largest absolute Gasteiger partial charge is 0.495 e. The van der Waals surface area contributed by atoms with E-state index in [9.17, 15) is 13.2 Å². The van der Waals surface area contributed by atoms with E-state index in [-0.39, 0.29) is 10.5 Å². The molecule has 0 radical (unpaired) electrons. The molecule has 0 saturated carbocycles. The van der Waals surface area contributed by atoms with Crippen molar-refractivity contribution in [2.45, 2.75) is 11.8 Å². The molecule has 2 aromatic carbocycles. The maximum Gasteiger partial charge on any atom is 0.255 e. The Labute approximate surface area is 169 Å². The first-order chi connectivity index (χ1) is 13.3. The second-order valence-electron chi connectivity index (χ2n) is 6.30. The van der Waals surface area contributed by atoms with E-state index in [1.807, 2.05) is 0 Å². The molecule has 0 bridgehead atoms. The number of ether oxygens (including phenoxy) is 2. The number of nitrogens with zero attached hydrogens (tertiary/aromatic N) is 1. The van der Waals surface area contributed by atoms with E-state index in [4.69, 9.17) is 21.1 Å². The summed E-state index contributed by atoms with van der Waals surface area (Å²) in [7, 11) is -2.20. The summed E-state index contributed by atoms with van der Waals surface area (Å²) in [6.07, 6.45) is 0. The molecule has 7 nitrogen and oxygen atoms in total. The number of amides is 1. The smallest absolute Gasteiger partial charge is 0.255 e. The number of morpholine rings is 1. The van der Waals surface area contributed by atoms with Gasteiger partial charge in [0.2, 0.25) is 10.0 Å². The lowest BCUT2D eigenvalue weighted by Crippen LogP contribution is -2.40. The van der Waals surface area contributed by atoms with Crippen molar-refractivity contribution in [2.75, 3.05) is 38.7 Å². The third kappa shape index (κ3) is 4.30. The normalized spacial score (nSPS) is 15.2. The third-order valence-corrected chi connectivity index (χ3v) is 6.78. The van der Waals surface area contributed by atoms with Crippen LogP contribution in [0.5, 0.6) is 5.75 Å². The molecule has 0 unspecified atom stereocenters. The Balaban J connectivity index is 1.86. The minimum absolute atomic E-state index is 0.120. The molecule has 0 atom stereocenters. The van der Waals surface area contributed by atoms with Crippen LogP contribution >= 0.6 is 11.6 Å². The fraction of sp³-hybridized carbons (Fsp3) is 0.316. The first kappa shape index (κ1) is 20.6. The summed E-state index contributed by atoms with van der Waals surface area (Å²) in [4.78, 5) is 12.8. The molecule has 1 N–H and O–H groups in total. The molecule has 0 aromatic heterocycles. The number of methoxy groups -OCH3 is 1. The summed E-state index contributed by atoms with van der Waals surface area (Å²) in [6.45, 7) is 3.01. The van der Waals surface area contributed by atoms with Gasteiger partial charge in [-0.1, -0.05) is 17.7 Å². The van der Waals surface area contributed by atoms with Gasteiger partial charge in [0.05, 0.1) is 30.2 Å². The lowest BCUT2D eigenvalue weighted by molar-refractivity contribution is 0.0730. The summed E-state index contributed by atoms with van der Waals surface area (Å²) in [5, 5.41) is 3.08. The van der Waals surface area contributed by atoms with Crippen LogP contribution < -0.4 is 10.1 Å². The molecule has 1 saturated heterocycles. The summed E-state index contributed by atoms with van der Waals surface area (Å²) in [5.41, 5.74) is 1.30. The highest BCUT2D eigenvalue weighted by Crippen LogP contribution is 2.28. The predicted octanol–water partition coefficient (Wildman–Crippen LogP) is 2.93. The van der Waals surface area contributed by atoms with Crippen molar-refractivity contribution in [1.82, 2.24) is 4.31 Å². The minimum atomic E-state index is -3.70. The molecule has 1 amide bonds. The van der Waals surface area contributed by atoms with Crippen molar-refractivity contribution in [1.29, 1.82) is 0 Å². The van der Waals surface area contributed by atoms with Crippen molar-refractivity contribution >= 4 is 33.2 Å². The van der Waals surface area contributed by atoms with Gasteiger partial charge in [-0.15, -0.1) is 0 Å². The van der Waals surface area contributed by atoms with Crippen LogP contribution in [0.1, 0.15) is 15.9 Å². The summed E-state index contributed by atoms with van der Waals surface area (Å²) < 4.78 is 37.6. The number of rotatable bonds is 5. The maximum atomic E-state index is 13.0. The monoisotopic (exact) mass is 424 g/mol. The zero-order chi connectivity index (χ0) is 20.3. The van der Waals surface area contributed by atoms with Gasteiger partial charge in [-0.2, -0.15) is 4.31 Å². The summed E-state index contributed by atoms with van der Waals surface area (Å²) in [6, 6.07) is 9.49. The molecule has 1 heterocycles. The number of carbonyl (C=O) groups is 1. The van der Waals surface area contributed by atoms with Crippen LogP contribution in [0.4, 0.5) is 5.69 Å². The van der Waals surface area contributed by atoms with Gasteiger partial charge in [0.25, 0.3) is 5.91 Å².